The van der Waals surface area contributed by atoms with Gasteiger partial charge in [-0.25, -0.2) is 0 Å². The van der Waals surface area contributed by atoms with Crippen molar-refractivity contribution < 1.29 is 0 Å². The number of fused-ring (bicyclic) bond motifs is 3. The Balaban J connectivity index is 2.10. The molecule has 0 aromatic heterocycles. The highest BCUT2D eigenvalue weighted by molar-refractivity contribution is 5.87. The molecule has 0 spiro atoms. The molecule has 0 radical (unpaired) electrons. The van der Waals surface area contributed by atoms with E-state index in [0.717, 1.165) is 5.92 Å². The lowest BCUT2D eigenvalue weighted by Crippen LogP contribution is -2.27. The molecule has 1 atom stereocenters. The maximum absolute atomic E-state index is 2.38. The number of rotatable bonds is 0. The third kappa shape index (κ3) is 1.94. The lowest BCUT2D eigenvalue weighted by Gasteiger charge is -2.35. The van der Waals surface area contributed by atoms with E-state index in [1.807, 2.05) is 0 Å². The van der Waals surface area contributed by atoms with Crippen LogP contribution in [0.1, 0.15) is 38.3 Å². The fraction of sp³-hybridized carbons (Fsp3) is 0.444. The molecule has 2 aromatic carbocycles. The molecule has 0 heteroatoms. The zero-order valence-electron chi connectivity index (χ0n) is 11.7. The minimum Gasteiger partial charge on any atom is -0.0616 e. The molecule has 0 saturated heterocycles. The fourth-order valence-electron chi connectivity index (χ4n) is 3.27. The largest absolute Gasteiger partial charge is 0.0616 e. The first kappa shape index (κ1) is 11.8. The van der Waals surface area contributed by atoms with Crippen LogP contribution >= 0.6 is 0 Å². The van der Waals surface area contributed by atoms with Crippen molar-refractivity contribution in [2.75, 3.05) is 0 Å². The quantitative estimate of drug-likeness (QED) is 0.606. The van der Waals surface area contributed by atoms with Gasteiger partial charge in [-0.2, -0.15) is 0 Å². The zero-order chi connectivity index (χ0) is 12.8. The molecule has 0 heterocycles. The van der Waals surface area contributed by atoms with Gasteiger partial charge >= 0.3 is 0 Å². The molecule has 0 aliphatic heterocycles. The highest BCUT2D eigenvalue weighted by atomic mass is 14.3. The van der Waals surface area contributed by atoms with Crippen molar-refractivity contribution in [1.29, 1.82) is 0 Å². The van der Waals surface area contributed by atoms with Crippen LogP contribution in [0.2, 0.25) is 0 Å². The second-order valence-electron chi connectivity index (χ2n) is 6.73. The van der Waals surface area contributed by atoms with Crippen molar-refractivity contribution >= 4 is 10.8 Å². The van der Waals surface area contributed by atoms with Gasteiger partial charge in [-0.1, -0.05) is 57.2 Å². The van der Waals surface area contributed by atoms with Crippen molar-refractivity contribution in [2.24, 2.45) is 11.3 Å². The molecule has 0 N–H and O–H groups in total. The van der Waals surface area contributed by atoms with E-state index in [4.69, 9.17) is 0 Å². The van der Waals surface area contributed by atoms with Crippen LogP contribution in [-0.4, -0.2) is 0 Å². The first-order valence-electron chi connectivity index (χ1n) is 7.05. The molecular formula is C18H22. The van der Waals surface area contributed by atoms with E-state index in [1.54, 1.807) is 11.1 Å². The molecule has 0 bridgehead atoms. The third-order valence-corrected chi connectivity index (χ3v) is 4.58. The molecule has 1 aliphatic carbocycles. The Morgan fingerprint density at radius 1 is 1.00 bits per heavy atom. The second-order valence-corrected chi connectivity index (χ2v) is 6.73. The van der Waals surface area contributed by atoms with Gasteiger partial charge in [-0.3, -0.25) is 0 Å². The van der Waals surface area contributed by atoms with Crippen LogP contribution in [0.25, 0.3) is 10.8 Å². The number of benzene rings is 2. The Morgan fingerprint density at radius 2 is 1.78 bits per heavy atom. The summed E-state index contributed by atoms with van der Waals surface area (Å²) in [5.74, 6) is 0.816. The maximum atomic E-state index is 2.38. The molecule has 1 unspecified atom stereocenters. The highest BCUT2D eigenvalue weighted by Gasteiger charge is 2.29. The summed E-state index contributed by atoms with van der Waals surface area (Å²) in [7, 11) is 0. The average molecular weight is 238 g/mol. The summed E-state index contributed by atoms with van der Waals surface area (Å²) in [4.78, 5) is 0. The predicted molar refractivity (Wildman–Crippen MR) is 78.9 cm³/mol. The van der Waals surface area contributed by atoms with E-state index in [1.165, 1.54) is 30.0 Å². The van der Waals surface area contributed by atoms with Gasteiger partial charge in [0.2, 0.25) is 0 Å². The van der Waals surface area contributed by atoms with Gasteiger partial charge < -0.3 is 0 Å². The molecule has 1 aliphatic rings. The van der Waals surface area contributed by atoms with Crippen molar-refractivity contribution in [3.8, 4) is 0 Å². The van der Waals surface area contributed by atoms with Crippen molar-refractivity contribution in [1.82, 2.24) is 0 Å². The van der Waals surface area contributed by atoms with Crippen molar-refractivity contribution in [3.05, 3.63) is 47.5 Å². The van der Waals surface area contributed by atoms with E-state index in [9.17, 15) is 0 Å². The molecule has 18 heavy (non-hydrogen) atoms. The lowest BCUT2D eigenvalue weighted by molar-refractivity contribution is 0.217. The summed E-state index contributed by atoms with van der Waals surface area (Å²) in [6.45, 7) is 7.15. The van der Waals surface area contributed by atoms with E-state index in [-0.39, 0.29) is 0 Å². The molecular weight excluding hydrogens is 216 g/mol. The Labute approximate surface area is 110 Å². The van der Waals surface area contributed by atoms with Crippen LogP contribution in [0.4, 0.5) is 0 Å². The number of aryl methyl sites for hydroxylation is 1. The normalized spacial score (nSPS) is 19.8. The van der Waals surface area contributed by atoms with Crippen LogP contribution in [0.3, 0.4) is 0 Å². The first-order chi connectivity index (χ1) is 8.55. The summed E-state index contributed by atoms with van der Waals surface area (Å²) in [6.07, 6.45) is 3.84. The molecule has 0 saturated carbocycles. The van der Waals surface area contributed by atoms with E-state index in [0.29, 0.717) is 5.41 Å². The average Bonchev–Trinajstić information content (AvgIpc) is 2.37. The maximum Gasteiger partial charge on any atom is -0.0149 e. The van der Waals surface area contributed by atoms with Crippen LogP contribution in [-0.2, 0) is 12.8 Å². The van der Waals surface area contributed by atoms with Crippen LogP contribution in [0.15, 0.2) is 36.4 Å². The Bertz CT molecular complexity index is 572. The number of hydrogen-bond donors (Lipinski definition) is 0. The highest BCUT2D eigenvalue weighted by Crippen LogP contribution is 2.39. The standard InChI is InChI=1S/C18H22/c1-18(2,3)15-11-10-14-9-8-13-6-4-5-7-16(13)17(14)12-15/h4-9,15H,10-12H2,1-3H3. The zero-order valence-corrected chi connectivity index (χ0v) is 11.7. The molecule has 3 rings (SSSR count). The van der Waals surface area contributed by atoms with Gasteiger partial charge in [-0.15, -0.1) is 0 Å². The summed E-state index contributed by atoms with van der Waals surface area (Å²) < 4.78 is 0. The van der Waals surface area contributed by atoms with Crippen molar-refractivity contribution in [2.45, 2.75) is 40.0 Å². The van der Waals surface area contributed by atoms with Crippen LogP contribution in [0, 0.1) is 11.3 Å². The Hall–Kier alpha value is -1.30. The summed E-state index contributed by atoms with van der Waals surface area (Å²) in [5, 5.41) is 2.87. The van der Waals surface area contributed by atoms with Crippen LogP contribution < -0.4 is 0 Å². The summed E-state index contributed by atoms with van der Waals surface area (Å²) >= 11 is 0. The monoisotopic (exact) mass is 238 g/mol. The molecule has 0 nitrogen and oxygen atoms in total. The fourth-order valence-corrected chi connectivity index (χ4v) is 3.27. The topological polar surface area (TPSA) is 0 Å². The summed E-state index contributed by atoms with van der Waals surface area (Å²) in [5.41, 5.74) is 3.61. The SMILES string of the molecule is CC(C)(C)C1CCc2ccc3ccccc3c2C1. The Morgan fingerprint density at radius 3 is 2.56 bits per heavy atom. The van der Waals surface area contributed by atoms with E-state index in [2.05, 4.69) is 57.2 Å². The van der Waals surface area contributed by atoms with Gasteiger partial charge in [0.25, 0.3) is 0 Å². The van der Waals surface area contributed by atoms with Gasteiger partial charge in [0.15, 0.2) is 0 Å². The second kappa shape index (κ2) is 4.12. The molecule has 0 fully saturated rings. The first-order valence-corrected chi connectivity index (χ1v) is 7.05. The Kier molecular flexibility index (Phi) is 2.69. The predicted octanol–water partition coefficient (Wildman–Crippen LogP) is 4.99. The molecule has 2 aromatic rings. The van der Waals surface area contributed by atoms with E-state index >= 15 is 0 Å². The van der Waals surface area contributed by atoms with Gasteiger partial charge in [0.1, 0.15) is 0 Å². The lowest BCUT2D eigenvalue weighted by atomic mass is 9.70. The van der Waals surface area contributed by atoms with E-state index < -0.39 is 0 Å². The molecule has 94 valence electrons. The van der Waals surface area contributed by atoms with Gasteiger partial charge in [0, 0.05) is 0 Å². The minimum absolute atomic E-state index is 0.425. The number of hydrogen-bond acceptors (Lipinski definition) is 0. The third-order valence-electron chi connectivity index (χ3n) is 4.58. The molecule has 0 amide bonds. The van der Waals surface area contributed by atoms with Gasteiger partial charge in [-0.05, 0) is 52.5 Å². The van der Waals surface area contributed by atoms with Gasteiger partial charge in [0.05, 0.1) is 0 Å². The summed E-state index contributed by atoms with van der Waals surface area (Å²) in [6, 6.07) is 13.5. The minimum atomic E-state index is 0.425. The van der Waals surface area contributed by atoms with Crippen LogP contribution in [0.5, 0.6) is 0 Å². The van der Waals surface area contributed by atoms with Crippen molar-refractivity contribution in [3.63, 3.8) is 0 Å². The smallest absolute Gasteiger partial charge is 0.0149 e.